The monoisotopic (exact) mass is 294 g/mol. The standard InChI is InChI=1S/C17H24F2N2/c1-2-3-14-9-20-17(13-5-6-13)11-21(14)10-12-4-7-15(18)16(19)8-12/h4,7-8,13-14,17,20H,2-3,5-6,9-11H2,1H3. The summed E-state index contributed by atoms with van der Waals surface area (Å²) < 4.78 is 26.4. The summed E-state index contributed by atoms with van der Waals surface area (Å²) in [5, 5.41) is 3.68. The van der Waals surface area contributed by atoms with Gasteiger partial charge < -0.3 is 5.32 Å². The summed E-state index contributed by atoms with van der Waals surface area (Å²) in [6.45, 7) is 4.95. The average Bonchev–Trinajstić information content (AvgIpc) is 3.30. The summed E-state index contributed by atoms with van der Waals surface area (Å²) in [6, 6.07) is 5.35. The van der Waals surface area contributed by atoms with Crippen LogP contribution in [0.4, 0.5) is 8.78 Å². The Labute approximate surface area is 125 Å². The minimum absolute atomic E-state index is 0.498. The van der Waals surface area contributed by atoms with Gasteiger partial charge in [-0.3, -0.25) is 4.90 Å². The van der Waals surface area contributed by atoms with E-state index in [1.807, 2.05) is 0 Å². The van der Waals surface area contributed by atoms with Crippen LogP contribution in [0.15, 0.2) is 18.2 Å². The Kier molecular flexibility index (Phi) is 4.55. The molecule has 2 aliphatic rings. The second-order valence-corrected chi connectivity index (χ2v) is 6.47. The Morgan fingerprint density at radius 2 is 2.05 bits per heavy atom. The molecule has 1 N–H and O–H groups in total. The lowest BCUT2D eigenvalue weighted by Gasteiger charge is -2.41. The predicted molar refractivity (Wildman–Crippen MR) is 80.0 cm³/mol. The summed E-state index contributed by atoms with van der Waals surface area (Å²) in [5.41, 5.74) is 0.867. The lowest BCUT2D eigenvalue weighted by molar-refractivity contribution is 0.108. The molecule has 0 bridgehead atoms. The number of rotatable bonds is 5. The fourth-order valence-corrected chi connectivity index (χ4v) is 3.38. The van der Waals surface area contributed by atoms with Crippen molar-refractivity contribution in [1.29, 1.82) is 0 Å². The van der Waals surface area contributed by atoms with Crippen molar-refractivity contribution in [3.05, 3.63) is 35.4 Å². The second kappa shape index (κ2) is 6.41. The third-order valence-corrected chi connectivity index (χ3v) is 4.75. The minimum atomic E-state index is -0.764. The first-order valence-electron chi connectivity index (χ1n) is 8.08. The van der Waals surface area contributed by atoms with Crippen LogP contribution in [0.25, 0.3) is 0 Å². The van der Waals surface area contributed by atoms with Crippen LogP contribution in [0.1, 0.15) is 38.2 Å². The molecule has 1 aliphatic carbocycles. The SMILES string of the molecule is CCCC1CNC(C2CC2)CN1Cc1ccc(F)c(F)c1. The first-order chi connectivity index (χ1) is 10.2. The highest BCUT2D eigenvalue weighted by molar-refractivity contribution is 5.18. The zero-order chi connectivity index (χ0) is 14.8. The minimum Gasteiger partial charge on any atom is -0.311 e. The summed E-state index contributed by atoms with van der Waals surface area (Å²) in [6.07, 6.45) is 4.95. The number of nitrogens with one attached hydrogen (secondary N) is 1. The molecule has 0 spiro atoms. The molecular formula is C17H24F2N2. The molecule has 4 heteroatoms. The van der Waals surface area contributed by atoms with Gasteiger partial charge in [0, 0.05) is 31.7 Å². The van der Waals surface area contributed by atoms with Gasteiger partial charge in [-0.05, 0) is 42.9 Å². The van der Waals surface area contributed by atoms with Crippen molar-refractivity contribution < 1.29 is 8.78 Å². The summed E-state index contributed by atoms with van der Waals surface area (Å²) >= 11 is 0. The molecule has 0 radical (unpaired) electrons. The van der Waals surface area contributed by atoms with E-state index in [9.17, 15) is 8.78 Å². The maximum Gasteiger partial charge on any atom is 0.159 e. The molecule has 0 aromatic heterocycles. The van der Waals surface area contributed by atoms with Crippen LogP contribution in [0.2, 0.25) is 0 Å². The highest BCUT2D eigenvalue weighted by atomic mass is 19.2. The summed E-state index contributed by atoms with van der Waals surface area (Å²) in [4.78, 5) is 2.45. The molecule has 1 aromatic carbocycles. The molecule has 1 heterocycles. The van der Waals surface area contributed by atoms with E-state index in [0.29, 0.717) is 18.6 Å². The molecular weight excluding hydrogens is 270 g/mol. The molecule has 2 unspecified atom stereocenters. The van der Waals surface area contributed by atoms with Crippen LogP contribution in [0, 0.1) is 17.6 Å². The van der Waals surface area contributed by atoms with Gasteiger partial charge in [0.2, 0.25) is 0 Å². The number of nitrogens with zero attached hydrogens (tertiary/aromatic N) is 1. The average molecular weight is 294 g/mol. The zero-order valence-corrected chi connectivity index (χ0v) is 12.6. The van der Waals surface area contributed by atoms with E-state index in [0.717, 1.165) is 37.4 Å². The van der Waals surface area contributed by atoms with E-state index in [4.69, 9.17) is 0 Å². The van der Waals surface area contributed by atoms with E-state index in [-0.39, 0.29) is 0 Å². The molecule has 0 amide bonds. The molecule has 2 nitrogen and oxygen atoms in total. The number of hydrogen-bond donors (Lipinski definition) is 1. The molecule has 1 saturated carbocycles. The molecule has 2 atom stereocenters. The van der Waals surface area contributed by atoms with Crippen LogP contribution in [-0.2, 0) is 6.54 Å². The van der Waals surface area contributed by atoms with E-state index < -0.39 is 11.6 Å². The van der Waals surface area contributed by atoms with E-state index in [1.165, 1.54) is 25.0 Å². The normalized spacial score (nSPS) is 27.0. The second-order valence-electron chi connectivity index (χ2n) is 6.47. The van der Waals surface area contributed by atoms with Crippen molar-refractivity contribution in [3.63, 3.8) is 0 Å². The highest BCUT2D eigenvalue weighted by Crippen LogP contribution is 2.34. The van der Waals surface area contributed by atoms with Crippen molar-refractivity contribution in [2.24, 2.45) is 5.92 Å². The topological polar surface area (TPSA) is 15.3 Å². The van der Waals surface area contributed by atoms with Crippen molar-refractivity contribution >= 4 is 0 Å². The highest BCUT2D eigenvalue weighted by Gasteiger charge is 2.36. The Morgan fingerprint density at radius 3 is 2.71 bits per heavy atom. The van der Waals surface area contributed by atoms with Crippen molar-refractivity contribution in [1.82, 2.24) is 10.2 Å². The molecule has 3 rings (SSSR count). The van der Waals surface area contributed by atoms with Crippen LogP contribution < -0.4 is 5.32 Å². The molecule has 1 aliphatic heterocycles. The number of benzene rings is 1. The zero-order valence-electron chi connectivity index (χ0n) is 12.6. The van der Waals surface area contributed by atoms with Gasteiger partial charge in [0.15, 0.2) is 11.6 Å². The quantitative estimate of drug-likeness (QED) is 0.896. The summed E-state index contributed by atoms with van der Waals surface area (Å²) in [7, 11) is 0. The van der Waals surface area contributed by atoms with E-state index >= 15 is 0 Å². The fourth-order valence-electron chi connectivity index (χ4n) is 3.38. The number of hydrogen-bond acceptors (Lipinski definition) is 2. The molecule has 116 valence electrons. The van der Waals surface area contributed by atoms with Gasteiger partial charge in [-0.25, -0.2) is 8.78 Å². The van der Waals surface area contributed by atoms with E-state index in [1.54, 1.807) is 6.07 Å². The number of halogens is 2. The fraction of sp³-hybridized carbons (Fsp3) is 0.647. The molecule has 1 aromatic rings. The van der Waals surface area contributed by atoms with Gasteiger partial charge >= 0.3 is 0 Å². The van der Waals surface area contributed by atoms with E-state index in [2.05, 4.69) is 17.1 Å². The van der Waals surface area contributed by atoms with Crippen molar-refractivity contribution in [2.45, 2.75) is 51.2 Å². The molecule has 1 saturated heterocycles. The predicted octanol–water partition coefficient (Wildman–Crippen LogP) is 3.32. The maximum atomic E-state index is 13.4. The van der Waals surface area contributed by atoms with Crippen LogP contribution in [-0.4, -0.2) is 30.1 Å². The summed E-state index contributed by atoms with van der Waals surface area (Å²) in [5.74, 6) is -0.687. The third kappa shape index (κ3) is 3.61. The van der Waals surface area contributed by atoms with Gasteiger partial charge in [-0.1, -0.05) is 19.4 Å². The smallest absolute Gasteiger partial charge is 0.159 e. The van der Waals surface area contributed by atoms with Crippen LogP contribution in [0.5, 0.6) is 0 Å². The van der Waals surface area contributed by atoms with Gasteiger partial charge in [-0.2, -0.15) is 0 Å². The Balaban J connectivity index is 1.69. The maximum absolute atomic E-state index is 13.4. The number of piperazine rings is 1. The van der Waals surface area contributed by atoms with Crippen LogP contribution >= 0.6 is 0 Å². The van der Waals surface area contributed by atoms with Crippen LogP contribution in [0.3, 0.4) is 0 Å². The largest absolute Gasteiger partial charge is 0.311 e. The molecule has 21 heavy (non-hydrogen) atoms. The lowest BCUT2D eigenvalue weighted by Crippen LogP contribution is -2.56. The Hall–Kier alpha value is -1.00. The Bertz CT molecular complexity index is 488. The molecule has 2 fully saturated rings. The first kappa shape index (κ1) is 14.9. The van der Waals surface area contributed by atoms with Gasteiger partial charge in [0.05, 0.1) is 0 Å². The first-order valence-corrected chi connectivity index (χ1v) is 8.08. The third-order valence-electron chi connectivity index (χ3n) is 4.75. The van der Waals surface area contributed by atoms with Gasteiger partial charge in [0.1, 0.15) is 0 Å². The lowest BCUT2D eigenvalue weighted by atomic mass is 10.0. The van der Waals surface area contributed by atoms with Gasteiger partial charge in [0.25, 0.3) is 0 Å². The van der Waals surface area contributed by atoms with Gasteiger partial charge in [-0.15, -0.1) is 0 Å². The van der Waals surface area contributed by atoms with Crippen molar-refractivity contribution in [3.8, 4) is 0 Å². The van der Waals surface area contributed by atoms with Crippen molar-refractivity contribution in [2.75, 3.05) is 13.1 Å². The Morgan fingerprint density at radius 1 is 1.24 bits per heavy atom.